The van der Waals surface area contributed by atoms with E-state index in [2.05, 4.69) is 20.6 Å². The van der Waals surface area contributed by atoms with Gasteiger partial charge in [0.2, 0.25) is 5.82 Å². The molecule has 0 bridgehead atoms. The van der Waals surface area contributed by atoms with Crippen molar-refractivity contribution in [3.63, 3.8) is 0 Å². The first-order valence-corrected chi connectivity index (χ1v) is 11.5. The number of rotatable bonds is 7. The average molecular weight is 471 g/mol. The first kappa shape index (κ1) is 21.7. The van der Waals surface area contributed by atoms with Crippen LogP contribution in [0.25, 0.3) is 21.0 Å². The van der Waals surface area contributed by atoms with Crippen LogP contribution in [0.1, 0.15) is 21.9 Å². The molecular formula is C25H22N6O2S. The number of aromatic nitrogens is 3. The molecule has 0 spiro atoms. The fourth-order valence-electron chi connectivity index (χ4n) is 3.70. The molecule has 5 rings (SSSR count). The summed E-state index contributed by atoms with van der Waals surface area (Å²) in [6, 6.07) is 19.5. The Morgan fingerprint density at radius 2 is 1.85 bits per heavy atom. The standard InChI is InChI=1S/C25H22N6O2S/c1-33-17-8-6-15(7-9-17)13-27-14-20-18-5-3-2-4-16(18)12-21(28-20)30-25(32)24-29-19-10-11-34-22(19)23(26)31-24/h2-12,27H,13-14H2,1H3,(H2,26,29,31)(H,28,30,32). The van der Waals surface area contributed by atoms with Gasteiger partial charge in [0.15, 0.2) is 0 Å². The number of methoxy groups -OCH3 is 1. The van der Waals surface area contributed by atoms with Gasteiger partial charge in [-0.1, -0.05) is 36.4 Å². The van der Waals surface area contributed by atoms with Crippen molar-refractivity contribution in [2.75, 3.05) is 18.2 Å². The van der Waals surface area contributed by atoms with Gasteiger partial charge in [-0.15, -0.1) is 11.3 Å². The van der Waals surface area contributed by atoms with Crippen LogP contribution in [-0.2, 0) is 13.1 Å². The van der Waals surface area contributed by atoms with E-state index in [9.17, 15) is 4.79 Å². The third-order valence-electron chi connectivity index (χ3n) is 5.37. The predicted molar refractivity (Wildman–Crippen MR) is 135 cm³/mol. The molecule has 0 atom stereocenters. The Labute approximate surface area is 199 Å². The fraction of sp³-hybridized carbons (Fsp3) is 0.120. The minimum Gasteiger partial charge on any atom is -0.497 e. The SMILES string of the molecule is COc1ccc(CNCc2nc(NC(=O)c3nc(N)c4sccc4n3)cc3ccccc23)cc1. The lowest BCUT2D eigenvalue weighted by molar-refractivity contribution is 0.101. The molecule has 0 unspecified atom stereocenters. The van der Waals surface area contributed by atoms with Crippen LogP contribution in [0.4, 0.5) is 11.6 Å². The van der Waals surface area contributed by atoms with Gasteiger partial charge in [0.05, 0.1) is 23.0 Å². The molecule has 4 N–H and O–H groups in total. The summed E-state index contributed by atoms with van der Waals surface area (Å²) < 4.78 is 5.98. The van der Waals surface area contributed by atoms with Crippen molar-refractivity contribution in [2.45, 2.75) is 13.1 Å². The van der Waals surface area contributed by atoms with E-state index in [-0.39, 0.29) is 5.82 Å². The Morgan fingerprint density at radius 3 is 2.68 bits per heavy atom. The summed E-state index contributed by atoms with van der Waals surface area (Å²) in [6.07, 6.45) is 0. The number of anilines is 2. The third-order valence-corrected chi connectivity index (χ3v) is 6.30. The van der Waals surface area contributed by atoms with E-state index in [1.165, 1.54) is 11.3 Å². The van der Waals surface area contributed by atoms with Crippen molar-refractivity contribution >= 4 is 49.9 Å². The number of nitrogen functional groups attached to an aromatic ring is 1. The molecule has 8 nitrogen and oxygen atoms in total. The molecule has 0 saturated carbocycles. The first-order valence-electron chi connectivity index (χ1n) is 10.6. The lowest BCUT2D eigenvalue weighted by atomic mass is 10.1. The number of pyridine rings is 1. The highest BCUT2D eigenvalue weighted by Crippen LogP contribution is 2.25. The molecule has 1 amide bonds. The zero-order valence-electron chi connectivity index (χ0n) is 18.4. The summed E-state index contributed by atoms with van der Waals surface area (Å²) in [4.78, 5) is 26.1. The van der Waals surface area contributed by atoms with Gasteiger partial charge in [-0.05, 0) is 40.6 Å². The molecule has 2 aromatic carbocycles. The second-order valence-electron chi connectivity index (χ2n) is 7.65. The molecule has 0 aliphatic rings. The van der Waals surface area contributed by atoms with Crippen LogP contribution in [0.5, 0.6) is 5.75 Å². The Balaban J connectivity index is 1.36. The highest BCUT2D eigenvalue weighted by molar-refractivity contribution is 7.17. The molecule has 5 aromatic rings. The molecule has 0 radical (unpaired) electrons. The average Bonchev–Trinajstić information content (AvgIpc) is 3.34. The van der Waals surface area contributed by atoms with Crippen molar-refractivity contribution in [3.05, 3.63) is 83.1 Å². The summed E-state index contributed by atoms with van der Waals surface area (Å²) >= 11 is 1.44. The summed E-state index contributed by atoms with van der Waals surface area (Å²) in [5, 5.41) is 10.1. The normalized spacial score (nSPS) is 11.1. The number of amides is 1. The van der Waals surface area contributed by atoms with E-state index in [1.54, 1.807) is 7.11 Å². The molecule has 0 aliphatic carbocycles. The molecular weight excluding hydrogens is 448 g/mol. The zero-order valence-corrected chi connectivity index (χ0v) is 19.2. The van der Waals surface area contributed by atoms with Crippen LogP contribution < -0.4 is 21.1 Å². The zero-order chi connectivity index (χ0) is 23.5. The maximum Gasteiger partial charge on any atom is 0.294 e. The molecule has 34 heavy (non-hydrogen) atoms. The van der Waals surface area contributed by atoms with Crippen LogP contribution in [0.2, 0.25) is 0 Å². The lowest BCUT2D eigenvalue weighted by Crippen LogP contribution is -2.19. The Morgan fingerprint density at radius 1 is 1.03 bits per heavy atom. The van der Waals surface area contributed by atoms with Gasteiger partial charge in [0.1, 0.15) is 17.4 Å². The molecule has 3 aromatic heterocycles. The molecule has 3 heterocycles. The van der Waals surface area contributed by atoms with E-state index in [4.69, 9.17) is 15.5 Å². The monoisotopic (exact) mass is 470 g/mol. The minimum atomic E-state index is -0.459. The van der Waals surface area contributed by atoms with Crippen LogP contribution in [0.3, 0.4) is 0 Å². The van der Waals surface area contributed by atoms with Gasteiger partial charge in [-0.2, -0.15) is 0 Å². The number of hydrogen-bond acceptors (Lipinski definition) is 8. The van der Waals surface area contributed by atoms with E-state index < -0.39 is 5.91 Å². The van der Waals surface area contributed by atoms with E-state index in [1.807, 2.05) is 66.0 Å². The van der Waals surface area contributed by atoms with Crippen molar-refractivity contribution in [3.8, 4) is 5.75 Å². The molecule has 0 aliphatic heterocycles. The number of hydrogen-bond donors (Lipinski definition) is 3. The number of fused-ring (bicyclic) bond motifs is 2. The van der Waals surface area contributed by atoms with Crippen molar-refractivity contribution in [1.82, 2.24) is 20.3 Å². The van der Waals surface area contributed by atoms with Crippen LogP contribution in [0.15, 0.2) is 66.0 Å². The van der Waals surface area contributed by atoms with Crippen LogP contribution >= 0.6 is 11.3 Å². The van der Waals surface area contributed by atoms with Gasteiger partial charge in [-0.25, -0.2) is 15.0 Å². The van der Waals surface area contributed by atoms with Gasteiger partial charge in [-0.3, -0.25) is 4.79 Å². The van der Waals surface area contributed by atoms with Gasteiger partial charge in [0, 0.05) is 18.5 Å². The number of nitrogens with zero attached hydrogens (tertiary/aromatic N) is 3. The molecule has 9 heteroatoms. The smallest absolute Gasteiger partial charge is 0.294 e. The fourth-order valence-corrected chi connectivity index (χ4v) is 4.43. The molecule has 0 fully saturated rings. The van der Waals surface area contributed by atoms with E-state index in [0.29, 0.717) is 30.2 Å². The third kappa shape index (κ3) is 4.52. The summed E-state index contributed by atoms with van der Waals surface area (Å²) in [5.41, 5.74) is 8.61. The van der Waals surface area contributed by atoms with Crippen molar-refractivity contribution in [2.24, 2.45) is 0 Å². The number of nitrogens with two attached hydrogens (primary N) is 1. The minimum absolute atomic E-state index is 0.0116. The van der Waals surface area contributed by atoms with Crippen molar-refractivity contribution < 1.29 is 9.53 Å². The Bertz CT molecular complexity index is 1480. The Kier molecular flexibility index (Phi) is 6.03. The highest BCUT2D eigenvalue weighted by Gasteiger charge is 2.15. The number of carbonyl (C=O) groups is 1. The number of nitrogens with one attached hydrogen (secondary N) is 2. The lowest BCUT2D eigenvalue weighted by Gasteiger charge is -2.12. The predicted octanol–water partition coefficient (Wildman–Crippen LogP) is 4.37. The van der Waals surface area contributed by atoms with Gasteiger partial charge < -0.3 is 21.1 Å². The summed E-state index contributed by atoms with van der Waals surface area (Å²) in [5.74, 6) is 1.10. The van der Waals surface area contributed by atoms with Gasteiger partial charge >= 0.3 is 0 Å². The largest absolute Gasteiger partial charge is 0.497 e. The molecule has 0 saturated heterocycles. The summed E-state index contributed by atoms with van der Waals surface area (Å²) in [7, 11) is 1.65. The number of ether oxygens (including phenoxy) is 1. The van der Waals surface area contributed by atoms with Gasteiger partial charge in [0.25, 0.3) is 5.91 Å². The van der Waals surface area contributed by atoms with Crippen LogP contribution in [-0.4, -0.2) is 28.0 Å². The second-order valence-corrected chi connectivity index (χ2v) is 8.56. The van der Waals surface area contributed by atoms with Crippen LogP contribution in [0, 0.1) is 0 Å². The topological polar surface area (TPSA) is 115 Å². The highest BCUT2D eigenvalue weighted by atomic mass is 32.1. The maximum atomic E-state index is 12.9. The molecule has 170 valence electrons. The quantitative estimate of drug-likeness (QED) is 0.323. The Hall–Kier alpha value is -4.08. The second kappa shape index (κ2) is 9.42. The maximum absolute atomic E-state index is 12.9. The number of benzene rings is 2. The first-order chi connectivity index (χ1) is 16.6. The van der Waals surface area contributed by atoms with Crippen molar-refractivity contribution in [1.29, 1.82) is 0 Å². The van der Waals surface area contributed by atoms with E-state index >= 15 is 0 Å². The number of carbonyl (C=O) groups excluding carboxylic acids is 1. The van der Waals surface area contributed by atoms with E-state index in [0.717, 1.165) is 32.5 Å². The summed E-state index contributed by atoms with van der Waals surface area (Å²) in [6.45, 7) is 1.20. The number of thiophene rings is 1.